The number of carbonyl (C=O) groups excluding carboxylic acids is 1. The predicted molar refractivity (Wildman–Crippen MR) is 87.1 cm³/mol. The van der Waals surface area contributed by atoms with E-state index < -0.39 is 0 Å². The first-order valence-corrected chi connectivity index (χ1v) is 7.72. The standard InChI is InChI=1S/C17H24ClNO/c1-3-5-6-7-8-10-14(4-2)17(20)19-16-12-9-11-15(18)13-16/h3,5,9,11-14H,4,6-8,10H2,1-2H3,(H,19,20). The van der Waals surface area contributed by atoms with Crippen LogP contribution in [0.15, 0.2) is 36.4 Å². The van der Waals surface area contributed by atoms with Gasteiger partial charge in [-0.2, -0.15) is 0 Å². The van der Waals surface area contributed by atoms with Crippen LogP contribution in [0.1, 0.15) is 46.0 Å². The summed E-state index contributed by atoms with van der Waals surface area (Å²) in [7, 11) is 0. The molecular formula is C17H24ClNO. The van der Waals surface area contributed by atoms with Crippen molar-refractivity contribution in [2.24, 2.45) is 5.92 Å². The summed E-state index contributed by atoms with van der Waals surface area (Å²) in [5.74, 6) is 0.181. The molecule has 20 heavy (non-hydrogen) atoms. The van der Waals surface area contributed by atoms with Crippen molar-refractivity contribution in [3.63, 3.8) is 0 Å². The zero-order valence-electron chi connectivity index (χ0n) is 12.4. The Morgan fingerprint density at radius 1 is 1.40 bits per heavy atom. The van der Waals surface area contributed by atoms with Gasteiger partial charge in [-0.3, -0.25) is 4.79 Å². The number of benzene rings is 1. The second-order valence-corrected chi connectivity index (χ2v) is 5.39. The molecule has 1 unspecified atom stereocenters. The lowest BCUT2D eigenvalue weighted by molar-refractivity contribution is -0.120. The molecular weight excluding hydrogens is 270 g/mol. The third kappa shape index (κ3) is 6.25. The number of nitrogens with one attached hydrogen (secondary N) is 1. The Morgan fingerprint density at radius 3 is 2.85 bits per heavy atom. The molecule has 1 aromatic carbocycles. The molecule has 110 valence electrons. The fourth-order valence-corrected chi connectivity index (χ4v) is 2.34. The molecule has 2 nitrogen and oxygen atoms in total. The van der Waals surface area contributed by atoms with E-state index in [4.69, 9.17) is 11.6 Å². The van der Waals surface area contributed by atoms with Gasteiger partial charge in [-0.1, -0.05) is 43.2 Å². The highest BCUT2D eigenvalue weighted by molar-refractivity contribution is 6.30. The fourth-order valence-electron chi connectivity index (χ4n) is 2.15. The van der Waals surface area contributed by atoms with Crippen LogP contribution < -0.4 is 5.32 Å². The minimum atomic E-state index is 0.0830. The molecule has 0 aliphatic heterocycles. The highest BCUT2D eigenvalue weighted by atomic mass is 35.5. The lowest BCUT2D eigenvalue weighted by Crippen LogP contribution is -2.22. The summed E-state index contributed by atoms with van der Waals surface area (Å²) in [5.41, 5.74) is 0.773. The quantitative estimate of drug-likeness (QED) is 0.502. The Bertz CT molecular complexity index is 442. The second kappa shape index (κ2) is 9.60. The molecule has 0 bridgehead atoms. The molecule has 0 aromatic heterocycles. The van der Waals surface area contributed by atoms with Gasteiger partial charge in [0.25, 0.3) is 0 Å². The third-order valence-corrected chi connectivity index (χ3v) is 3.60. The number of anilines is 1. The number of rotatable bonds is 8. The molecule has 3 heteroatoms. The number of halogens is 1. The van der Waals surface area contributed by atoms with Crippen LogP contribution in [-0.4, -0.2) is 5.91 Å². The van der Waals surface area contributed by atoms with Gasteiger partial charge >= 0.3 is 0 Å². The maximum absolute atomic E-state index is 12.2. The van der Waals surface area contributed by atoms with Gasteiger partial charge in [0, 0.05) is 16.6 Å². The maximum atomic E-state index is 12.2. The summed E-state index contributed by atoms with van der Waals surface area (Å²) in [6, 6.07) is 7.28. The monoisotopic (exact) mass is 293 g/mol. The van der Waals surface area contributed by atoms with Crippen molar-refractivity contribution in [2.75, 3.05) is 5.32 Å². The highest BCUT2D eigenvalue weighted by Gasteiger charge is 2.15. The minimum Gasteiger partial charge on any atom is -0.326 e. The van der Waals surface area contributed by atoms with Gasteiger partial charge in [-0.25, -0.2) is 0 Å². The van der Waals surface area contributed by atoms with Crippen LogP contribution in [-0.2, 0) is 4.79 Å². The molecule has 0 heterocycles. The van der Waals surface area contributed by atoms with Crippen molar-refractivity contribution in [2.45, 2.75) is 46.0 Å². The molecule has 0 fully saturated rings. The summed E-state index contributed by atoms with van der Waals surface area (Å²) in [6.07, 6.45) is 9.40. The van der Waals surface area contributed by atoms with Crippen LogP contribution in [0.2, 0.25) is 5.02 Å². The van der Waals surface area contributed by atoms with Gasteiger partial charge in [0.05, 0.1) is 0 Å². The fraction of sp³-hybridized carbons (Fsp3) is 0.471. The molecule has 0 spiro atoms. The van der Waals surface area contributed by atoms with E-state index in [1.165, 1.54) is 0 Å². The molecule has 0 saturated heterocycles. The summed E-state index contributed by atoms with van der Waals surface area (Å²) < 4.78 is 0. The van der Waals surface area contributed by atoms with E-state index in [1.54, 1.807) is 12.1 Å². The van der Waals surface area contributed by atoms with Gasteiger partial charge < -0.3 is 5.32 Å². The van der Waals surface area contributed by atoms with Crippen LogP contribution in [0.5, 0.6) is 0 Å². The minimum absolute atomic E-state index is 0.0830. The number of unbranched alkanes of at least 4 members (excludes halogenated alkanes) is 2. The Morgan fingerprint density at radius 2 is 2.20 bits per heavy atom. The maximum Gasteiger partial charge on any atom is 0.227 e. The van der Waals surface area contributed by atoms with E-state index in [9.17, 15) is 4.79 Å². The summed E-state index contributed by atoms with van der Waals surface area (Å²) in [4.78, 5) is 12.2. The zero-order valence-corrected chi connectivity index (χ0v) is 13.1. The number of allylic oxidation sites excluding steroid dienone is 2. The van der Waals surface area contributed by atoms with Crippen molar-refractivity contribution in [3.8, 4) is 0 Å². The first-order valence-electron chi connectivity index (χ1n) is 7.35. The summed E-state index contributed by atoms with van der Waals surface area (Å²) in [6.45, 7) is 4.10. The third-order valence-electron chi connectivity index (χ3n) is 3.36. The highest BCUT2D eigenvalue weighted by Crippen LogP contribution is 2.19. The molecule has 1 N–H and O–H groups in total. The van der Waals surface area contributed by atoms with E-state index in [0.717, 1.165) is 37.8 Å². The van der Waals surface area contributed by atoms with Crippen LogP contribution in [0, 0.1) is 5.92 Å². The Hall–Kier alpha value is -1.28. The van der Waals surface area contributed by atoms with Crippen LogP contribution in [0.25, 0.3) is 0 Å². The van der Waals surface area contributed by atoms with Gasteiger partial charge in [0.1, 0.15) is 0 Å². The van der Waals surface area contributed by atoms with Crippen molar-refractivity contribution < 1.29 is 4.79 Å². The molecule has 1 aromatic rings. The average Bonchev–Trinajstić information content (AvgIpc) is 2.42. The van der Waals surface area contributed by atoms with Crippen molar-refractivity contribution in [1.29, 1.82) is 0 Å². The molecule has 0 saturated carbocycles. The molecule has 1 rings (SSSR count). The van der Waals surface area contributed by atoms with Gasteiger partial charge in [0.15, 0.2) is 0 Å². The van der Waals surface area contributed by atoms with Gasteiger partial charge in [0.2, 0.25) is 5.91 Å². The van der Waals surface area contributed by atoms with E-state index in [1.807, 2.05) is 19.1 Å². The average molecular weight is 294 g/mol. The normalized spacial score (nSPS) is 12.6. The smallest absolute Gasteiger partial charge is 0.227 e. The molecule has 0 aliphatic rings. The van der Waals surface area contributed by atoms with Crippen molar-refractivity contribution in [3.05, 3.63) is 41.4 Å². The summed E-state index contributed by atoms with van der Waals surface area (Å²) in [5, 5.41) is 3.59. The van der Waals surface area contributed by atoms with E-state index in [2.05, 4.69) is 24.4 Å². The Labute approximate surface area is 127 Å². The Balaban J connectivity index is 2.42. The predicted octanol–water partition coefficient (Wildman–Crippen LogP) is 5.44. The molecule has 1 atom stereocenters. The molecule has 1 amide bonds. The topological polar surface area (TPSA) is 29.1 Å². The van der Waals surface area contributed by atoms with Crippen LogP contribution >= 0.6 is 11.6 Å². The Kier molecular flexibility index (Phi) is 8.05. The molecule has 0 radical (unpaired) electrons. The number of carbonyl (C=O) groups is 1. The second-order valence-electron chi connectivity index (χ2n) is 4.96. The number of amides is 1. The SMILES string of the molecule is CC=CCCCCC(CC)C(=O)Nc1cccc(Cl)c1. The van der Waals surface area contributed by atoms with Crippen LogP contribution in [0.3, 0.4) is 0 Å². The van der Waals surface area contributed by atoms with E-state index in [0.29, 0.717) is 5.02 Å². The lowest BCUT2D eigenvalue weighted by Gasteiger charge is -2.15. The first-order chi connectivity index (χ1) is 9.67. The van der Waals surface area contributed by atoms with Crippen molar-refractivity contribution in [1.82, 2.24) is 0 Å². The van der Waals surface area contributed by atoms with Crippen LogP contribution in [0.4, 0.5) is 5.69 Å². The number of hydrogen-bond donors (Lipinski definition) is 1. The van der Waals surface area contributed by atoms with Crippen molar-refractivity contribution >= 4 is 23.2 Å². The largest absolute Gasteiger partial charge is 0.326 e. The first kappa shape index (κ1) is 16.8. The zero-order chi connectivity index (χ0) is 14.8. The summed E-state index contributed by atoms with van der Waals surface area (Å²) >= 11 is 5.92. The van der Waals surface area contributed by atoms with Gasteiger partial charge in [-0.05, 0) is 50.8 Å². The molecule has 0 aliphatic carbocycles. The van der Waals surface area contributed by atoms with E-state index in [-0.39, 0.29) is 11.8 Å². The van der Waals surface area contributed by atoms with Gasteiger partial charge in [-0.15, -0.1) is 0 Å². The number of hydrogen-bond acceptors (Lipinski definition) is 1. The van der Waals surface area contributed by atoms with E-state index >= 15 is 0 Å². The lowest BCUT2D eigenvalue weighted by atomic mass is 9.97.